The average molecular weight is 348 g/mol. The van der Waals surface area contributed by atoms with Gasteiger partial charge in [0.05, 0.1) is 18.0 Å². The Morgan fingerprint density at radius 3 is 2.75 bits per heavy atom. The fourth-order valence-electron chi connectivity index (χ4n) is 2.23. The van der Waals surface area contributed by atoms with Gasteiger partial charge in [-0.15, -0.1) is 0 Å². The van der Waals surface area contributed by atoms with Crippen molar-refractivity contribution in [3.8, 4) is 11.3 Å². The van der Waals surface area contributed by atoms with Crippen LogP contribution in [0.25, 0.3) is 22.3 Å². The molecule has 8 heteroatoms. The molecule has 24 heavy (non-hydrogen) atoms. The standard InChI is InChI=1S/C15H18N4OS.CH2O2/c1-9(2)13(6-20)19-15-11-5-12(10-3-4-21-7-10)18-14(11)16-8-17-15;2-1-3/h3-5,7-9,13,20H,6H2,1-2H3,(H2,16,17,18,19);1H,(H,2,3)/t13-;/m0./s1. The van der Waals surface area contributed by atoms with Gasteiger partial charge in [0.2, 0.25) is 0 Å². The summed E-state index contributed by atoms with van der Waals surface area (Å²) in [6.07, 6.45) is 1.54. The topological polar surface area (TPSA) is 111 Å². The number of aliphatic hydroxyl groups is 1. The van der Waals surface area contributed by atoms with Crippen molar-refractivity contribution in [2.75, 3.05) is 11.9 Å². The Hall–Kier alpha value is -2.45. The summed E-state index contributed by atoms with van der Waals surface area (Å²) < 4.78 is 0. The zero-order valence-corrected chi connectivity index (χ0v) is 14.2. The number of thiophene rings is 1. The van der Waals surface area contributed by atoms with Gasteiger partial charge in [0.25, 0.3) is 6.47 Å². The molecule has 0 radical (unpaired) electrons. The molecule has 0 unspecified atom stereocenters. The first kappa shape index (κ1) is 17.9. The van der Waals surface area contributed by atoms with Crippen molar-refractivity contribution in [3.63, 3.8) is 0 Å². The number of rotatable bonds is 5. The van der Waals surface area contributed by atoms with Gasteiger partial charge in [-0.3, -0.25) is 4.79 Å². The van der Waals surface area contributed by atoms with Crippen LogP contribution in [0.5, 0.6) is 0 Å². The van der Waals surface area contributed by atoms with E-state index >= 15 is 0 Å². The lowest BCUT2D eigenvalue weighted by Crippen LogP contribution is -2.29. The van der Waals surface area contributed by atoms with Gasteiger partial charge >= 0.3 is 0 Å². The molecule has 0 amide bonds. The zero-order valence-electron chi connectivity index (χ0n) is 13.4. The van der Waals surface area contributed by atoms with E-state index in [2.05, 4.69) is 51.6 Å². The summed E-state index contributed by atoms with van der Waals surface area (Å²) in [5, 5.41) is 24.8. The van der Waals surface area contributed by atoms with E-state index in [-0.39, 0.29) is 19.1 Å². The van der Waals surface area contributed by atoms with Crippen molar-refractivity contribution in [3.05, 3.63) is 29.2 Å². The Labute approximate surface area is 143 Å². The molecule has 0 fully saturated rings. The highest BCUT2D eigenvalue weighted by atomic mass is 32.1. The van der Waals surface area contributed by atoms with Gasteiger partial charge in [-0.05, 0) is 23.4 Å². The first-order chi connectivity index (χ1) is 11.6. The van der Waals surface area contributed by atoms with Gasteiger partial charge < -0.3 is 20.5 Å². The van der Waals surface area contributed by atoms with E-state index in [9.17, 15) is 5.11 Å². The van der Waals surface area contributed by atoms with Crippen LogP contribution in [0.15, 0.2) is 29.2 Å². The molecule has 0 bridgehead atoms. The predicted octanol–water partition coefficient (Wildman–Crippen LogP) is 2.82. The number of aromatic amines is 1. The Morgan fingerprint density at radius 1 is 1.42 bits per heavy atom. The molecular formula is C16H20N4O3S. The minimum atomic E-state index is -0.250. The fraction of sp³-hybridized carbons (Fsp3) is 0.312. The molecule has 0 aliphatic heterocycles. The molecule has 3 aromatic heterocycles. The maximum Gasteiger partial charge on any atom is 0.290 e. The second kappa shape index (κ2) is 8.42. The molecule has 4 N–H and O–H groups in total. The summed E-state index contributed by atoms with van der Waals surface area (Å²) in [6.45, 7) is 3.96. The lowest BCUT2D eigenvalue weighted by molar-refractivity contribution is -0.122. The average Bonchev–Trinajstić information content (AvgIpc) is 3.21. The van der Waals surface area contributed by atoms with Gasteiger partial charge in [-0.25, -0.2) is 9.97 Å². The van der Waals surface area contributed by atoms with Crippen LogP contribution in [0, 0.1) is 5.92 Å². The molecule has 0 aromatic carbocycles. The minimum Gasteiger partial charge on any atom is -0.483 e. The van der Waals surface area contributed by atoms with Gasteiger partial charge in [0.1, 0.15) is 17.8 Å². The molecule has 0 saturated carbocycles. The SMILES string of the molecule is CC(C)[C@H](CO)Nc1ncnc2[nH]c(-c3ccsc3)cc12.O=CO. The van der Waals surface area contributed by atoms with Gasteiger partial charge in [-0.1, -0.05) is 13.8 Å². The van der Waals surface area contributed by atoms with Gasteiger partial charge in [0, 0.05) is 16.6 Å². The van der Waals surface area contributed by atoms with Gasteiger partial charge in [-0.2, -0.15) is 11.3 Å². The number of hydrogen-bond donors (Lipinski definition) is 4. The number of fused-ring (bicyclic) bond motifs is 1. The van der Waals surface area contributed by atoms with Crippen molar-refractivity contribution in [2.24, 2.45) is 5.92 Å². The van der Waals surface area contributed by atoms with Crippen LogP contribution in [0.2, 0.25) is 0 Å². The number of nitrogens with one attached hydrogen (secondary N) is 2. The van der Waals surface area contributed by atoms with Crippen LogP contribution in [-0.4, -0.2) is 44.3 Å². The molecule has 3 aromatic rings. The highest BCUT2D eigenvalue weighted by Gasteiger charge is 2.15. The monoisotopic (exact) mass is 348 g/mol. The number of aromatic nitrogens is 3. The van der Waals surface area contributed by atoms with Crippen LogP contribution < -0.4 is 5.32 Å². The first-order valence-electron chi connectivity index (χ1n) is 7.42. The van der Waals surface area contributed by atoms with Crippen molar-refractivity contribution < 1.29 is 15.0 Å². The van der Waals surface area contributed by atoms with E-state index in [0.29, 0.717) is 5.92 Å². The third-order valence-electron chi connectivity index (χ3n) is 3.58. The van der Waals surface area contributed by atoms with Crippen molar-refractivity contribution in [1.29, 1.82) is 0 Å². The van der Waals surface area contributed by atoms with Crippen LogP contribution in [0.4, 0.5) is 5.82 Å². The molecule has 0 saturated heterocycles. The second-order valence-electron chi connectivity index (χ2n) is 5.46. The fourth-order valence-corrected chi connectivity index (χ4v) is 2.88. The van der Waals surface area contributed by atoms with Gasteiger partial charge in [0.15, 0.2) is 0 Å². The Kier molecular flexibility index (Phi) is 6.28. The maximum absolute atomic E-state index is 9.47. The predicted molar refractivity (Wildman–Crippen MR) is 95.2 cm³/mol. The summed E-state index contributed by atoms with van der Waals surface area (Å²) in [5.74, 6) is 1.07. The molecule has 0 spiro atoms. The number of carbonyl (C=O) groups is 1. The molecule has 128 valence electrons. The summed E-state index contributed by atoms with van der Waals surface area (Å²) in [6, 6.07) is 4.09. The Balaban J connectivity index is 0.000000647. The smallest absolute Gasteiger partial charge is 0.290 e. The largest absolute Gasteiger partial charge is 0.483 e. The van der Waals surface area contributed by atoms with Crippen LogP contribution in [0.3, 0.4) is 0 Å². The van der Waals surface area contributed by atoms with Crippen molar-refractivity contribution in [2.45, 2.75) is 19.9 Å². The highest BCUT2D eigenvalue weighted by Crippen LogP contribution is 2.28. The lowest BCUT2D eigenvalue weighted by Gasteiger charge is -2.20. The highest BCUT2D eigenvalue weighted by molar-refractivity contribution is 7.08. The van der Waals surface area contributed by atoms with E-state index in [0.717, 1.165) is 28.1 Å². The van der Waals surface area contributed by atoms with Crippen molar-refractivity contribution >= 4 is 34.7 Å². The first-order valence-corrected chi connectivity index (χ1v) is 8.36. The maximum atomic E-state index is 9.47. The van der Waals surface area contributed by atoms with Crippen LogP contribution in [-0.2, 0) is 4.79 Å². The Morgan fingerprint density at radius 2 is 2.17 bits per heavy atom. The number of carboxylic acid groups (broad SMARTS) is 1. The molecule has 3 heterocycles. The number of hydrogen-bond acceptors (Lipinski definition) is 6. The van der Waals surface area contributed by atoms with E-state index in [4.69, 9.17) is 9.90 Å². The third-order valence-corrected chi connectivity index (χ3v) is 4.26. The molecule has 7 nitrogen and oxygen atoms in total. The Bertz CT molecular complexity index is 771. The summed E-state index contributed by atoms with van der Waals surface area (Å²) >= 11 is 1.66. The number of anilines is 1. The quantitative estimate of drug-likeness (QED) is 0.528. The molecule has 1 atom stereocenters. The normalized spacial score (nSPS) is 11.8. The molecule has 3 rings (SSSR count). The zero-order chi connectivity index (χ0) is 17.5. The number of H-pyrrole nitrogens is 1. The summed E-state index contributed by atoms with van der Waals surface area (Å²) in [7, 11) is 0. The summed E-state index contributed by atoms with van der Waals surface area (Å²) in [4.78, 5) is 20.3. The third kappa shape index (κ3) is 4.09. The second-order valence-corrected chi connectivity index (χ2v) is 6.24. The number of aliphatic hydroxyl groups excluding tert-OH is 1. The van der Waals surface area contributed by atoms with E-state index in [1.807, 2.05) is 5.38 Å². The number of nitrogens with zero attached hydrogens (tertiary/aromatic N) is 2. The minimum absolute atomic E-state index is 0.0254. The van der Waals surface area contributed by atoms with Crippen LogP contribution in [0.1, 0.15) is 13.8 Å². The molecular weight excluding hydrogens is 328 g/mol. The van der Waals surface area contributed by atoms with Crippen molar-refractivity contribution in [1.82, 2.24) is 15.0 Å². The molecule has 0 aliphatic carbocycles. The van der Waals surface area contributed by atoms with Crippen LogP contribution >= 0.6 is 11.3 Å². The summed E-state index contributed by atoms with van der Waals surface area (Å²) in [5.41, 5.74) is 2.97. The molecule has 0 aliphatic rings. The van der Waals surface area contributed by atoms with E-state index < -0.39 is 0 Å². The van der Waals surface area contributed by atoms with E-state index in [1.165, 1.54) is 6.33 Å². The van der Waals surface area contributed by atoms with E-state index in [1.54, 1.807) is 11.3 Å². The lowest BCUT2D eigenvalue weighted by atomic mass is 10.1.